The number of nitrogens with zero attached hydrogens (tertiary/aromatic N) is 1. The van der Waals surface area contributed by atoms with Crippen molar-refractivity contribution in [1.29, 1.82) is 0 Å². The lowest BCUT2D eigenvalue weighted by Gasteiger charge is -2.20. The molecule has 1 aliphatic rings. The Balaban J connectivity index is 1.75. The number of aliphatic carboxylic acids is 1. The van der Waals surface area contributed by atoms with Gasteiger partial charge in [0.15, 0.2) is 0 Å². The Labute approximate surface area is 115 Å². The molecular weight excluding hydrogens is 238 g/mol. The van der Waals surface area contributed by atoms with Gasteiger partial charge < -0.3 is 5.11 Å². The van der Waals surface area contributed by atoms with Gasteiger partial charge in [-0.1, -0.05) is 30.7 Å². The van der Waals surface area contributed by atoms with Crippen LogP contribution in [0.25, 0.3) is 0 Å². The maximum atomic E-state index is 10.4. The number of benzene rings is 1. The smallest absolute Gasteiger partial charge is 0.303 e. The van der Waals surface area contributed by atoms with Gasteiger partial charge in [-0.2, -0.15) is 0 Å². The minimum Gasteiger partial charge on any atom is -0.481 e. The number of hydrogen-bond acceptors (Lipinski definition) is 2. The molecule has 0 saturated heterocycles. The molecule has 1 aromatic rings. The summed E-state index contributed by atoms with van der Waals surface area (Å²) in [7, 11) is 0. The summed E-state index contributed by atoms with van der Waals surface area (Å²) in [4.78, 5) is 12.9. The van der Waals surface area contributed by atoms with Gasteiger partial charge in [-0.25, -0.2) is 0 Å². The van der Waals surface area contributed by atoms with E-state index in [1.54, 1.807) is 0 Å². The highest BCUT2D eigenvalue weighted by Gasteiger charge is 2.13. The number of fused-ring (bicyclic) bond motifs is 1. The largest absolute Gasteiger partial charge is 0.481 e. The minimum atomic E-state index is -0.677. The van der Waals surface area contributed by atoms with Crippen LogP contribution in [0.2, 0.25) is 0 Å². The number of carboxylic acid groups (broad SMARTS) is 1. The van der Waals surface area contributed by atoms with Gasteiger partial charge in [0, 0.05) is 13.0 Å². The van der Waals surface area contributed by atoms with E-state index in [0.717, 1.165) is 38.9 Å². The van der Waals surface area contributed by atoms with Crippen molar-refractivity contribution >= 4 is 5.97 Å². The highest BCUT2D eigenvalue weighted by atomic mass is 16.4. The molecule has 1 heterocycles. The first-order valence-electron chi connectivity index (χ1n) is 7.26. The van der Waals surface area contributed by atoms with Crippen molar-refractivity contribution in [2.45, 2.75) is 45.1 Å². The van der Waals surface area contributed by atoms with Crippen LogP contribution in [0.1, 0.15) is 43.2 Å². The first-order valence-corrected chi connectivity index (χ1v) is 7.26. The second-order valence-electron chi connectivity index (χ2n) is 5.35. The molecule has 0 bridgehead atoms. The summed E-state index contributed by atoms with van der Waals surface area (Å²) in [5.74, 6) is -0.677. The van der Waals surface area contributed by atoms with E-state index in [-0.39, 0.29) is 0 Å². The zero-order valence-electron chi connectivity index (χ0n) is 11.5. The Morgan fingerprint density at radius 1 is 1.16 bits per heavy atom. The quantitative estimate of drug-likeness (QED) is 0.800. The zero-order chi connectivity index (χ0) is 13.5. The zero-order valence-corrected chi connectivity index (χ0v) is 11.5. The molecule has 2 rings (SSSR count). The first kappa shape index (κ1) is 14.1. The predicted molar refractivity (Wildman–Crippen MR) is 76.1 cm³/mol. The molecule has 0 fully saturated rings. The van der Waals surface area contributed by atoms with Crippen molar-refractivity contribution in [2.75, 3.05) is 13.1 Å². The Bertz CT molecular complexity index is 417. The molecule has 0 aromatic heterocycles. The predicted octanol–water partition coefficient (Wildman–Crippen LogP) is 3.08. The average Bonchev–Trinajstić information content (AvgIpc) is 2.59. The summed E-state index contributed by atoms with van der Waals surface area (Å²) in [6.45, 7) is 3.30. The Morgan fingerprint density at radius 3 is 2.74 bits per heavy atom. The van der Waals surface area contributed by atoms with Crippen LogP contribution in [-0.4, -0.2) is 29.1 Å². The molecule has 0 saturated carbocycles. The van der Waals surface area contributed by atoms with Gasteiger partial charge in [-0.05, 0) is 49.9 Å². The third-order valence-corrected chi connectivity index (χ3v) is 3.80. The first-order chi connectivity index (χ1) is 9.25. The van der Waals surface area contributed by atoms with Crippen LogP contribution in [0.3, 0.4) is 0 Å². The Morgan fingerprint density at radius 2 is 1.95 bits per heavy atom. The second kappa shape index (κ2) is 7.29. The van der Waals surface area contributed by atoms with Crippen LogP contribution in [0, 0.1) is 0 Å². The minimum absolute atomic E-state index is 0.308. The molecule has 3 nitrogen and oxygen atoms in total. The van der Waals surface area contributed by atoms with Gasteiger partial charge in [0.1, 0.15) is 0 Å². The van der Waals surface area contributed by atoms with E-state index in [1.807, 2.05) is 0 Å². The van der Waals surface area contributed by atoms with Crippen molar-refractivity contribution in [3.8, 4) is 0 Å². The Hall–Kier alpha value is -1.35. The molecule has 104 valence electrons. The lowest BCUT2D eigenvalue weighted by molar-refractivity contribution is -0.137. The molecule has 1 N–H and O–H groups in total. The van der Waals surface area contributed by atoms with Crippen molar-refractivity contribution in [3.05, 3.63) is 35.4 Å². The monoisotopic (exact) mass is 261 g/mol. The molecule has 0 spiro atoms. The highest BCUT2D eigenvalue weighted by Crippen LogP contribution is 2.18. The van der Waals surface area contributed by atoms with Crippen LogP contribution in [-0.2, 0) is 17.8 Å². The van der Waals surface area contributed by atoms with Gasteiger partial charge in [-0.15, -0.1) is 0 Å². The van der Waals surface area contributed by atoms with Crippen molar-refractivity contribution in [1.82, 2.24) is 4.90 Å². The Kier molecular flexibility index (Phi) is 5.40. The lowest BCUT2D eigenvalue weighted by Crippen LogP contribution is -2.24. The van der Waals surface area contributed by atoms with Crippen molar-refractivity contribution in [2.24, 2.45) is 0 Å². The topological polar surface area (TPSA) is 40.5 Å². The molecule has 0 atom stereocenters. The summed E-state index contributed by atoms with van der Waals surface area (Å²) in [6.07, 6.45) is 5.65. The van der Waals surface area contributed by atoms with Crippen LogP contribution in [0.5, 0.6) is 0 Å². The van der Waals surface area contributed by atoms with E-state index in [1.165, 1.54) is 24.0 Å². The molecule has 0 amide bonds. The highest BCUT2D eigenvalue weighted by molar-refractivity contribution is 5.66. The third-order valence-electron chi connectivity index (χ3n) is 3.80. The van der Waals surface area contributed by atoms with Gasteiger partial charge >= 0.3 is 5.97 Å². The molecule has 1 aromatic carbocycles. The van der Waals surface area contributed by atoms with Gasteiger partial charge in [0.05, 0.1) is 0 Å². The summed E-state index contributed by atoms with van der Waals surface area (Å²) in [5, 5.41) is 8.60. The number of aryl methyl sites for hydroxylation is 1. The number of hydrogen-bond donors (Lipinski definition) is 1. The van der Waals surface area contributed by atoms with Gasteiger partial charge in [0.25, 0.3) is 0 Å². The number of carboxylic acids is 1. The molecule has 19 heavy (non-hydrogen) atoms. The maximum absolute atomic E-state index is 10.4. The summed E-state index contributed by atoms with van der Waals surface area (Å²) >= 11 is 0. The van der Waals surface area contributed by atoms with Gasteiger partial charge in [-0.3, -0.25) is 9.69 Å². The van der Waals surface area contributed by atoms with Crippen molar-refractivity contribution < 1.29 is 9.90 Å². The van der Waals surface area contributed by atoms with Crippen LogP contribution < -0.4 is 0 Å². The normalized spacial score (nSPS) is 15.8. The van der Waals surface area contributed by atoms with Gasteiger partial charge in [0.2, 0.25) is 0 Å². The van der Waals surface area contributed by atoms with E-state index < -0.39 is 5.97 Å². The van der Waals surface area contributed by atoms with Crippen LogP contribution in [0.4, 0.5) is 0 Å². The van der Waals surface area contributed by atoms with Crippen LogP contribution in [0.15, 0.2) is 24.3 Å². The average molecular weight is 261 g/mol. The maximum Gasteiger partial charge on any atom is 0.303 e. The molecule has 0 unspecified atom stereocenters. The van der Waals surface area contributed by atoms with Crippen molar-refractivity contribution in [3.63, 3.8) is 0 Å². The van der Waals surface area contributed by atoms with E-state index in [2.05, 4.69) is 29.2 Å². The lowest BCUT2D eigenvalue weighted by atomic mass is 10.0. The molecule has 3 heteroatoms. The summed E-state index contributed by atoms with van der Waals surface area (Å²) < 4.78 is 0. The number of unbranched alkanes of at least 4 members (excludes halogenated alkanes) is 2. The van der Waals surface area contributed by atoms with E-state index in [0.29, 0.717) is 6.42 Å². The SMILES string of the molecule is O=C(O)CCCCCN1CCCc2ccccc2C1. The number of rotatable bonds is 6. The fourth-order valence-corrected chi connectivity index (χ4v) is 2.75. The molecule has 0 radical (unpaired) electrons. The second-order valence-corrected chi connectivity index (χ2v) is 5.35. The van der Waals surface area contributed by atoms with E-state index >= 15 is 0 Å². The fourth-order valence-electron chi connectivity index (χ4n) is 2.75. The molecular formula is C16H23NO2. The third kappa shape index (κ3) is 4.67. The standard InChI is InChI=1S/C16H23NO2/c18-16(19)10-2-1-5-11-17-12-6-9-14-7-3-4-8-15(14)13-17/h3-4,7-8H,1-2,5-6,9-13H2,(H,18,19). The fraction of sp³-hybridized carbons (Fsp3) is 0.562. The molecule has 0 aliphatic carbocycles. The van der Waals surface area contributed by atoms with E-state index in [4.69, 9.17) is 5.11 Å². The number of carbonyl (C=O) groups is 1. The van der Waals surface area contributed by atoms with Crippen LogP contribution >= 0.6 is 0 Å². The summed E-state index contributed by atoms with van der Waals surface area (Å²) in [6, 6.07) is 8.72. The molecule has 1 aliphatic heterocycles. The van der Waals surface area contributed by atoms with E-state index in [9.17, 15) is 4.79 Å². The summed E-state index contributed by atoms with van der Waals surface area (Å²) in [5.41, 5.74) is 2.96.